The number of benzene rings is 1. The highest BCUT2D eigenvalue weighted by Gasteiger charge is 2.29. The molecule has 20 heavy (non-hydrogen) atoms. The van der Waals surface area contributed by atoms with Gasteiger partial charge < -0.3 is 21.1 Å². The summed E-state index contributed by atoms with van der Waals surface area (Å²) in [4.78, 5) is 13.8. The first-order chi connectivity index (χ1) is 9.45. The van der Waals surface area contributed by atoms with Crippen molar-refractivity contribution in [3.63, 3.8) is 0 Å². The van der Waals surface area contributed by atoms with Gasteiger partial charge in [-0.15, -0.1) is 0 Å². The van der Waals surface area contributed by atoms with Gasteiger partial charge in [-0.2, -0.15) is 0 Å². The smallest absolute Gasteiger partial charge is 0.245 e. The maximum Gasteiger partial charge on any atom is 0.245 e. The third kappa shape index (κ3) is 2.82. The molecular formula is C14H20BrN3O2. The molecule has 1 heterocycles. The van der Waals surface area contributed by atoms with Crippen LogP contribution in [0.1, 0.15) is 31.9 Å². The van der Waals surface area contributed by atoms with E-state index in [1.165, 1.54) is 0 Å². The van der Waals surface area contributed by atoms with Crippen LogP contribution in [0.4, 0.5) is 11.4 Å². The molecule has 4 N–H and O–H groups in total. The lowest BCUT2D eigenvalue weighted by Gasteiger charge is -2.30. The molecule has 1 aliphatic rings. The van der Waals surface area contributed by atoms with Gasteiger partial charge in [0.05, 0.1) is 5.69 Å². The molecule has 1 aromatic carbocycles. The van der Waals surface area contributed by atoms with Crippen molar-refractivity contribution >= 4 is 33.2 Å². The van der Waals surface area contributed by atoms with Crippen molar-refractivity contribution in [2.24, 2.45) is 5.73 Å². The molecule has 5 nitrogen and oxygen atoms in total. The second-order valence-corrected chi connectivity index (χ2v) is 6.08. The first-order valence-corrected chi connectivity index (χ1v) is 7.52. The van der Waals surface area contributed by atoms with Gasteiger partial charge in [0.25, 0.3) is 0 Å². The van der Waals surface area contributed by atoms with Crippen molar-refractivity contribution in [3.05, 3.63) is 22.2 Å². The Labute approximate surface area is 127 Å². The molecule has 0 fully saturated rings. The Morgan fingerprint density at radius 1 is 1.50 bits per heavy atom. The van der Waals surface area contributed by atoms with E-state index in [2.05, 4.69) is 40.0 Å². The lowest BCUT2D eigenvalue weighted by Crippen LogP contribution is -2.32. The van der Waals surface area contributed by atoms with Crippen molar-refractivity contribution in [2.45, 2.75) is 32.4 Å². The van der Waals surface area contributed by atoms with Crippen molar-refractivity contribution < 1.29 is 9.90 Å². The van der Waals surface area contributed by atoms with Crippen molar-refractivity contribution in [1.29, 1.82) is 0 Å². The number of carbonyl (C=O) groups excluding carboxylic acids is 1. The van der Waals surface area contributed by atoms with E-state index in [1.807, 2.05) is 12.1 Å². The molecule has 1 amide bonds. The molecule has 6 heteroatoms. The van der Waals surface area contributed by atoms with E-state index >= 15 is 0 Å². The first-order valence-electron chi connectivity index (χ1n) is 6.73. The summed E-state index contributed by atoms with van der Waals surface area (Å²) in [6, 6.07) is 3.55. The summed E-state index contributed by atoms with van der Waals surface area (Å²) in [5.41, 5.74) is 8.44. The van der Waals surface area contributed by atoms with Crippen LogP contribution in [0.15, 0.2) is 16.6 Å². The minimum Gasteiger partial charge on any atom is -0.396 e. The van der Waals surface area contributed by atoms with Crippen molar-refractivity contribution in [3.8, 4) is 0 Å². The van der Waals surface area contributed by atoms with Crippen LogP contribution < -0.4 is 16.0 Å². The SMILES string of the molecule is CC(C)N(CCCO)c1cc2c(cc1Br)C(N)C(=O)N2. The molecule has 0 saturated heterocycles. The number of hydrogen-bond acceptors (Lipinski definition) is 4. The van der Waals surface area contributed by atoms with Gasteiger partial charge in [0.1, 0.15) is 6.04 Å². The Kier molecular flexibility index (Phi) is 4.67. The number of aliphatic hydroxyl groups excluding tert-OH is 1. The molecule has 0 spiro atoms. The molecule has 0 bridgehead atoms. The number of anilines is 2. The molecule has 1 aromatic rings. The Morgan fingerprint density at radius 3 is 2.80 bits per heavy atom. The van der Waals surface area contributed by atoms with Gasteiger partial charge in [-0.25, -0.2) is 0 Å². The van der Waals surface area contributed by atoms with E-state index in [9.17, 15) is 4.79 Å². The average Bonchev–Trinajstić information content (AvgIpc) is 2.66. The Morgan fingerprint density at radius 2 is 2.20 bits per heavy atom. The van der Waals surface area contributed by atoms with E-state index in [0.29, 0.717) is 12.5 Å². The van der Waals surface area contributed by atoms with Gasteiger partial charge >= 0.3 is 0 Å². The second-order valence-electron chi connectivity index (χ2n) is 5.22. The summed E-state index contributed by atoms with van der Waals surface area (Å²) in [6.07, 6.45) is 0.702. The molecule has 0 saturated carbocycles. The number of carbonyl (C=O) groups is 1. The molecule has 0 aromatic heterocycles. The van der Waals surface area contributed by atoms with Crippen LogP contribution >= 0.6 is 15.9 Å². The predicted octanol–water partition coefficient (Wildman–Crippen LogP) is 2.00. The Hall–Kier alpha value is -1.11. The number of amides is 1. The molecule has 2 rings (SSSR count). The minimum absolute atomic E-state index is 0.160. The quantitative estimate of drug-likeness (QED) is 0.765. The first kappa shape index (κ1) is 15.3. The zero-order chi connectivity index (χ0) is 14.9. The van der Waals surface area contributed by atoms with Crippen molar-refractivity contribution in [1.82, 2.24) is 0 Å². The van der Waals surface area contributed by atoms with Gasteiger partial charge in [-0.1, -0.05) is 0 Å². The average molecular weight is 342 g/mol. The van der Waals surface area contributed by atoms with Crippen LogP contribution in [-0.2, 0) is 4.79 Å². The van der Waals surface area contributed by atoms with E-state index in [-0.39, 0.29) is 12.5 Å². The lowest BCUT2D eigenvalue weighted by atomic mass is 10.1. The standard InChI is InChI=1S/C14H20BrN3O2/c1-8(2)18(4-3-5-19)12-7-11-9(6-10(12)15)13(16)14(20)17-11/h6-8,13,19H,3-5,16H2,1-2H3,(H,17,20). The van der Waals surface area contributed by atoms with Crippen LogP contribution in [0.5, 0.6) is 0 Å². The van der Waals surface area contributed by atoms with Gasteiger partial charge in [0, 0.05) is 34.9 Å². The van der Waals surface area contributed by atoms with Crippen LogP contribution in [0.3, 0.4) is 0 Å². The third-order valence-electron chi connectivity index (χ3n) is 3.48. The highest BCUT2D eigenvalue weighted by Crippen LogP contribution is 2.38. The zero-order valence-electron chi connectivity index (χ0n) is 11.7. The normalized spacial score (nSPS) is 17.3. The summed E-state index contributed by atoms with van der Waals surface area (Å²) in [5.74, 6) is -0.171. The molecule has 0 aliphatic carbocycles. The topological polar surface area (TPSA) is 78.6 Å². The van der Waals surface area contributed by atoms with Gasteiger partial charge in [-0.05, 0) is 48.3 Å². The molecule has 0 radical (unpaired) electrons. The Bertz CT molecular complexity index is 519. The summed E-state index contributed by atoms with van der Waals surface area (Å²) in [5, 5.41) is 11.8. The molecule has 1 unspecified atom stereocenters. The number of rotatable bonds is 5. The fourth-order valence-electron chi connectivity index (χ4n) is 2.41. The predicted molar refractivity (Wildman–Crippen MR) is 83.9 cm³/mol. The number of halogens is 1. The van der Waals surface area contributed by atoms with Crippen LogP contribution in [0.25, 0.3) is 0 Å². The van der Waals surface area contributed by atoms with E-state index < -0.39 is 6.04 Å². The van der Waals surface area contributed by atoms with E-state index in [1.54, 1.807) is 0 Å². The number of hydrogen-bond donors (Lipinski definition) is 3. The Balaban J connectivity index is 2.37. The maximum atomic E-state index is 11.6. The summed E-state index contributed by atoms with van der Waals surface area (Å²) >= 11 is 3.56. The van der Waals surface area contributed by atoms with Crippen LogP contribution in [-0.4, -0.2) is 30.2 Å². The van der Waals surface area contributed by atoms with E-state index in [0.717, 1.165) is 28.0 Å². The highest BCUT2D eigenvalue weighted by atomic mass is 79.9. The number of nitrogens with one attached hydrogen (secondary N) is 1. The summed E-state index contributed by atoms with van der Waals surface area (Å²) < 4.78 is 0.912. The second kappa shape index (κ2) is 6.11. The van der Waals surface area contributed by atoms with Crippen molar-refractivity contribution in [2.75, 3.05) is 23.4 Å². The maximum absolute atomic E-state index is 11.6. The molecule has 110 valence electrons. The number of fused-ring (bicyclic) bond motifs is 1. The summed E-state index contributed by atoms with van der Waals surface area (Å²) in [6.45, 7) is 5.11. The van der Waals surface area contributed by atoms with E-state index in [4.69, 9.17) is 10.8 Å². The number of nitrogens with zero attached hydrogens (tertiary/aromatic N) is 1. The molecular weight excluding hydrogens is 322 g/mol. The molecule has 1 atom stereocenters. The molecule has 1 aliphatic heterocycles. The largest absolute Gasteiger partial charge is 0.396 e. The number of nitrogens with two attached hydrogens (primary N) is 1. The van der Waals surface area contributed by atoms with Gasteiger partial charge in [0.15, 0.2) is 0 Å². The van der Waals surface area contributed by atoms with Crippen LogP contribution in [0.2, 0.25) is 0 Å². The van der Waals surface area contributed by atoms with Gasteiger partial charge in [-0.3, -0.25) is 4.79 Å². The lowest BCUT2D eigenvalue weighted by molar-refractivity contribution is -0.116. The van der Waals surface area contributed by atoms with Crippen LogP contribution in [0, 0.1) is 0 Å². The summed E-state index contributed by atoms with van der Waals surface area (Å²) in [7, 11) is 0. The number of aliphatic hydroxyl groups is 1. The third-order valence-corrected chi connectivity index (χ3v) is 4.12. The monoisotopic (exact) mass is 341 g/mol. The minimum atomic E-state index is -0.597. The highest BCUT2D eigenvalue weighted by molar-refractivity contribution is 9.10. The van der Waals surface area contributed by atoms with Gasteiger partial charge in [0.2, 0.25) is 5.91 Å². The fourth-order valence-corrected chi connectivity index (χ4v) is 3.00. The fraction of sp³-hybridized carbons (Fsp3) is 0.500. The zero-order valence-corrected chi connectivity index (χ0v) is 13.3.